The molecule has 1 saturated heterocycles. The molecule has 4 heterocycles. The van der Waals surface area contributed by atoms with Crippen LogP contribution >= 0.6 is 0 Å². The van der Waals surface area contributed by atoms with Crippen molar-refractivity contribution < 1.29 is 14.3 Å². The quantitative estimate of drug-likeness (QED) is 0.671. The smallest absolute Gasteiger partial charge is 0.195 e. The number of carbonyl (C=O) groups is 1. The molecule has 7 heteroatoms. The van der Waals surface area contributed by atoms with E-state index in [-0.39, 0.29) is 28.9 Å². The van der Waals surface area contributed by atoms with E-state index in [1.54, 1.807) is 6.92 Å². The lowest BCUT2D eigenvalue weighted by Gasteiger charge is -2.30. The first-order valence-corrected chi connectivity index (χ1v) is 11.9. The Kier molecular flexibility index (Phi) is 4.45. The number of hydrogen-bond acceptors (Lipinski definition) is 5. The zero-order chi connectivity index (χ0) is 21.2. The van der Waals surface area contributed by atoms with Crippen LogP contribution in [0.15, 0.2) is 12.3 Å². The third-order valence-corrected chi connectivity index (χ3v) is 8.27. The van der Waals surface area contributed by atoms with Crippen molar-refractivity contribution in [3.05, 3.63) is 23.8 Å². The molecule has 0 radical (unpaired) electrons. The summed E-state index contributed by atoms with van der Waals surface area (Å²) in [4.78, 5) is 16.5. The highest BCUT2D eigenvalue weighted by atomic mass is 16.7. The average molecular weight is 425 g/mol. The largest absolute Gasteiger partial charge is 0.353 e. The van der Waals surface area contributed by atoms with Gasteiger partial charge >= 0.3 is 0 Å². The Morgan fingerprint density at radius 1 is 1.26 bits per heavy atom. The van der Waals surface area contributed by atoms with Gasteiger partial charge in [-0.1, -0.05) is 0 Å². The zero-order valence-corrected chi connectivity index (χ0v) is 18.6. The Morgan fingerprint density at radius 3 is 2.84 bits per heavy atom. The molecule has 4 aliphatic rings. The van der Waals surface area contributed by atoms with Gasteiger partial charge in [0.15, 0.2) is 17.9 Å². The van der Waals surface area contributed by atoms with Crippen molar-refractivity contribution in [3.63, 3.8) is 0 Å². The topological polar surface area (TPSA) is 71.2 Å². The van der Waals surface area contributed by atoms with Gasteiger partial charge in [0.2, 0.25) is 0 Å². The van der Waals surface area contributed by atoms with Crippen LogP contribution in [0.2, 0.25) is 0 Å². The van der Waals surface area contributed by atoms with Crippen LogP contribution in [0.3, 0.4) is 0 Å². The van der Waals surface area contributed by atoms with Crippen molar-refractivity contribution in [2.24, 2.45) is 5.41 Å². The third kappa shape index (κ3) is 3.04. The molecule has 6 rings (SSSR count). The average Bonchev–Trinajstić information content (AvgIpc) is 3.53. The van der Waals surface area contributed by atoms with Crippen LogP contribution in [0, 0.1) is 5.41 Å². The summed E-state index contributed by atoms with van der Waals surface area (Å²) in [5.74, 6) is 0.570. The summed E-state index contributed by atoms with van der Waals surface area (Å²) in [5, 5.41) is 5.11. The fourth-order valence-corrected chi connectivity index (χ4v) is 6.59. The monoisotopic (exact) mass is 424 g/mol. The minimum Gasteiger partial charge on any atom is -0.353 e. The molecule has 2 aliphatic carbocycles. The Balaban J connectivity index is 1.25. The minimum absolute atomic E-state index is 0.00380. The summed E-state index contributed by atoms with van der Waals surface area (Å²) < 4.78 is 16.3. The van der Waals surface area contributed by atoms with Gasteiger partial charge in [-0.15, -0.1) is 0 Å². The first kappa shape index (κ1) is 19.7. The number of ketones is 1. The van der Waals surface area contributed by atoms with Crippen LogP contribution < -0.4 is 0 Å². The van der Waals surface area contributed by atoms with E-state index in [1.165, 1.54) is 37.8 Å². The molecule has 2 saturated carbocycles. The number of fused-ring (bicyclic) bond motifs is 5. The molecule has 31 heavy (non-hydrogen) atoms. The molecule has 0 amide bonds. The lowest BCUT2D eigenvalue weighted by Crippen LogP contribution is -2.29. The van der Waals surface area contributed by atoms with Gasteiger partial charge in [-0.2, -0.15) is 5.10 Å². The summed E-state index contributed by atoms with van der Waals surface area (Å²) >= 11 is 0. The molecule has 7 nitrogen and oxygen atoms in total. The first-order chi connectivity index (χ1) is 15.0. The van der Waals surface area contributed by atoms with Crippen molar-refractivity contribution >= 4 is 5.78 Å². The number of aromatic nitrogens is 4. The Labute approximate surface area is 183 Å². The second kappa shape index (κ2) is 7.01. The van der Waals surface area contributed by atoms with Gasteiger partial charge in [-0.3, -0.25) is 9.48 Å². The number of Topliss-reactive ketones (excluding diaryl/α,β-unsaturated/α-hetero) is 1. The Bertz CT molecular complexity index is 1010. The van der Waals surface area contributed by atoms with E-state index in [4.69, 9.17) is 14.6 Å². The molecule has 2 bridgehead atoms. The SMILES string of the molecule is CC(=O)c1ncc2n1[C@@H](C)Cn1nc(C34CCC(COC5CCCCO5)(CC3)C4)cc1-2. The molecule has 2 aromatic rings. The van der Waals surface area contributed by atoms with Crippen molar-refractivity contribution in [1.82, 2.24) is 19.3 Å². The molecule has 3 fully saturated rings. The summed E-state index contributed by atoms with van der Waals surface area (Å²) in [5.41, 5.74) is 3.78. The lowest BCUT2D eigenvalue weighted by molar-refractivity contribution is -0.178. The van der Waals surface area contributed by atoms with E-state index in [2.05, 4.69) is 27.2 Å². The number of nitrogens with zero attached hydrogens (tertiary/aromatic N) is 4. The van der Waals surface area contributed by atoms with Crippen molar-refractivity contribution in [2.75, 3.05) is 13.2 Å². The number of imidazole rings is 1. The molecule has 2 aliphatic heterocycles. The van der Waals surface area contributed by atoms with Crippen molar-refractivity contribution in [1.29, 1.82) is 0 Å². The van der Waals surface area contributed by atoms with Crippen LogP contribution in [0.4, 0.5) is 0 Å². The van der Waals surface area contributed by atoms with E-state index < -0.39 is 0 Å². The molecule has 0 aromatic carbocycles. The maximum Gasteiger partial charge on any atom is 0.195 e. The summed E-state index contributed by atoms with van der Waals surface area (Å²) in [6.45, 7) is 6.17. The highest BCUT2D eigenvalue weighted by molar-refractivity contribution is 5.91. The van der Waals surface area contributed by atoms with Crippen molar-refractivity contribution in [2.45, 2.75) is 89.5 Å². The van der Waals surface area contributed by atoms with Crippen LogP contribution in [0.1, 0.15) is 87.6 Å². The molecular formula is C24H32N4O3. The Hall–Kier alpha value is -1.99. The first-order valence-electron chi connectivity index (χ1n) is 11.9. The van der Waals surface area contributed by atoms with Crippen LogP contribution in [-0.4, -0.2) is 44.6 Å². The minimum atomic E-state index is -0.00380. The van der Waals surface area contributed by atoms with E-state index in [9.17, 15) is 4.79 Å². The second-order valence-corrected chi connectivity index (χ2v) is 10.4. The van der Waals surface area contributed by atoms with Crippen LogP contribution in [0.5, 0.6) is 0 Å². The number of rotatable bonds is 5. The van der Waals surface area contributed by atoms with Gasteiger partial charge in [-0.25, -0.2) is 4.98 Å². The third-order valence-electron chi connectivity index (χ3n) is 8.27. The normalized spacial score (nSPS) is 34.0. The fourth-order valence-electron chi connectivity index (χ4n) is 6.59. The zero-order valence-electron chi connectivity index (χ0n) is 18.6. The molecule has 2 aromatic heterocycles. The molecule has 1 unspecified atom stereocenters. The second-order valence-electron chi connectivity index (χ2n) is 10.4. The summed E-state index contributed by atoms with van der Waals surface area (Å²) in [6.07, 6.45) is 11.2. The number of hydrogen-bond donors (Lipinski definition) is 0. The Morgan fingerprint density at radius 2 is 2.10 bits per heavy atom. The summed E-state index contributed by atoms with van der Waals surface area (Å²) in [7, 11) is 0. The van der Waals surface area contributed by atoms with Gasteiger partial charge < -0.3 is 14.0 Å². The lowest BCUT2D eigenvalue weighted by atomic mass is 9.80. The van der Waals surface area contributed by atoms with Crippen LogP contribution in [-0.2, 0) is 21.4 Å². The van der Waals surface area contributed by atoms with Crippen molar-refractivity contribution in [3.8, 4) is 11.4 Å². The summed E-state index contributed by atoms with van der Waals surface area (Å²) in [6, 6.07) is 2.44. The van der Waals surface area contributed by atoms with Gasteiger partial charge in [-0.05, 0) is 69.8 Å². The van der Waals surface area contributed by atoms with Gasteiger partial charge in [0, 0.05) is 18.9 Å². The molecule has 0 spiro atoms. The highest BCUT2D eigenvalue weighted by Crippen LogP contribution is 2.62. The molecular weight excluding hydrogens is 392 g/mol. The number of carbonyl (C=O) groups excluding carboxylic acids is 1. The van der Waals surface area contributed by atoms with Crippen LogP contribution in [0.25, 0.3) is 11.4 Å². The maximum atomic E-state index is 12.0. The van der Waals surface area contributed by atoms with E-state index in [0.717, 1.165) is 50.4 Å². The van der Waals surface area contributed by atoms with E-state index >= 15 is 0 Å². The number of ether oxygens (including phenoxy) is 2. The molecule has 2 atom stereocenters. The maximum absolute atomic E-state index is 12.0. The van der Waals surface area contributed by atoms with E-state index in [0.29, 0.717) is 5.82 Å². The predicted octanol–water partition coefficient (Wildman–Crippen LogP) is 4.27. The fraction of sp³-hybridized carbons (Fsp3) is 0.708. The molecule has 0 N–H and O–H groups in total. The van der Waals surface area contributed by atoms with Gasteiger partial charge in [0.25, 0.3) is 0 Å². The standard InChI is InChI=1S/C24H32N4O3/c1-16-13-27-18(19-12-25-22(17(2)29)28(16)19)11-20(26-27)24-8-6-23(14-24,7-9-24)15-31-21-5-3-4-10-30-21/h11-12,16,21H,3-10,13-15H2,1-2H3/t16-,21?,23?,24?/m0/s1. The van der Waals surface area contributed by atoms with E-state index in [1.807, 2.05) is 6.20 Å². The predicted molar refractivity (Wildman–Crippen MR) is 115 cm³/mol. The van der Waals surface area contributed by atoms with Gasteiger partial charge in [0.05, 0.1) is 42.5 Å². The van der Waals surface area contributed by atoms with Gasteiger partial charge in [0.1, 0.15) is 0 Å². The molecule has 166 valence electrons. The highest BCUT2D eigenvalue weighted by Gasteiger charge is 2.56.